The maximum Gasteiger partial charge on any atom is 0.260 e. The van der Waals surface area contributed by atoms with Crippen LogP contribution >= 0.6 is 0 Å². The Hall–Kier alpha value is -0.980. The quantitative estimate of drug-likeness (QED) is 0.799. The van der Waals surface area contributed by atoms with Gasteiger partial charge in [-0.15, -0.1) is 0 Å². The van der Waals surface area contributed by atoms with Crippen LogP contribution < -0.4 is 5.73 Å². The van der Waals surface area contributed by atoms with Crippen LogP contribution in [0.15, 0.2) is 23.4 Å². The molecular weight excluding hydrogens is 214 g/mol. The molecule has 6 heteroatoms. The minimum absolute atomic E-state index is 0.0593. The second-order valence-electron chi connectivity index (χ2n) is 3.13. The zero-order chi connectivity index (χ0) is 11.5. The number of hydrogen-bond donors (Lipinski definition) is 1. The monoisotopic (exact) mass is 229 g/mol. The van der Waals surface area contributed by atoms with Crippen LogP contribution in [0.3, 0.4) is 0 Å². The van der Waals surface area contributed by atoms with Gasteiger partial charge in [0.15, 0.2) is 5.03 Å². The van der Waals surface area contributed by atoms with E-state index in [0.717, 1.165) is 5.56 Å². The summed E-state index contributed by atoms with van der Waals surface area (Å²) in [6.07, 6.45) is 1.48. The van der Waals surface area contributed by atoms with Crippen molar-refractivity contribution in [1.82, 2.24) is 9.29 Å². The molecule has 0 radical (unpaired) electrons. The molecule has 0 saturated carbocycles. The number of nitrogens with two attached hydrogens (primary N) is 1. The molecule has 0 atom stereocenters. The summed E-state index contributed by atoms with van der Waals surface area (Å²) in [6, 6.07) is 3.15. The van der Waals surface area contributed by atoms with E-state index in [1.165, 1.54) is 23.6 Å². The van der Waals surface area contributed by atoms with E-state index in [2.05, 4.69) is 4.98 Å². The first-order valence-electron chi connectivity index (χ1n) is 4.63. The maximum atomic E-state index is 11.8. The lowest BCUT2D eigenvalue weighted by Crippen LogP contribution is -2.27. The van der Waals surface area contributed by atoms with E-state index in [-0.39, 0.29) is 5.03 Å². The van der Waals surface area contributed by atoms with Gasteiger partial charge in [0, 0.05) is 26.3 Å². The molecule has 0 aliphatic carbocycles. The van der Waals surface area contributed by atoms with Crippen molar-refractivity contribution in [2.75, 3.05) is 13.6 Å². The summed E-state index contributed by atoms with van der Waals surface area (Å²) in [5.74, 6) is 0. The highest BCUT2D eigenvalue weighted by molar-refractivity contribution is 7.89. The van der Waals surface area contributed by atoms with Crippen molar-refractivity contribution < 1.29 is 8.42 Å². The molecule has 5 nitrogen and oxygen atoms in total. The first-order valence-corrected chi connectivity index (χ1v) is 6.07. The number of pyridine rings is 1. The van der Waals surface area contributed by atoms with Crippen molar-refractivity contribution in [3.8, 4) is 0 Å². The van der Waals surface area contributed by atoms with E-state index in [1.807, 2.05) is 0 Å². The van der Waals surface area contributed by atoms with Gasteiger partial charge < -0.3 is 5.73 Å². The summed E-state index contributed by atoms with van der Waals surface area (Å²) in [4.78, 5) is 3.88. The van der Waals surface area contributed by atoms with Crippen LogP contribution in [0, 0.1) is 0 Å². The fourth-order valence-corrected chi connectivity index (χ4v) is 2.10. The Morgan fingerprint density at radius 2 is 2.13 bits per heavy atom. The second-order valence-corrected chi connectivity index (χ2v) is 5.12. The van der Waals surface area contributed by atoms with Crippen molar-refractivity contribution in [3.05, 3.63) is 23.9 Å². The summed E-state index contributed by atoms with van der Waals surface area (Å²) in [5, 5.41) is 0.0593. The Kier molecular flexibility index (Phi) is 3.78. The highest BCUT2D eigenvalue weighted by Crippen LogP contribution is 2.11. The predicted molar refractivity (Wildman–Crippen MR) is 57.6 cm³/mol. The van der Waals surface area contributed by atoms with E-state index >= 15 is 0 Å². The van der Waals surface area contributed by atoms with Gasteiger partial charge in [-0.1, -0.05) is 13.0 Å². The molecule has 0 amide bonds. The summed E-state index contributed by atoms with van der Waals surface area (Å²) in [5.41, 5.74) is 6.21. The first-order chi connectivity index (χ1) is 7.02. The smallest absolute Gasteiger partial charge is 0.260 e. The lowest BCUT2D eigenvalue weighted by Gasteiger charge is -2.13. The number of hydrogen-bond acceptors (Lipinski definition) is 4. The van der Waals surface area contributed by atoms with Crippen LogP contribution in [0.25, 0.3) is 0 Å². The normalized spacial score (nSPS) is 12.0. The molecule has 0 fully saturated rings. The Bertz CT molecular complexity index is 413. The molecule has 1 aromatic heterocycles. The van der Waals surface area contributed by atoms with Crippen LogP contribution in [0.2, 0.25) is 0 Å². The van der Waals surface area contributed by atoms with Crippen molar-refractivity contribution >= 4 is 10.0 Å². The van der Waals surface area contributed by atoms with Crippen LogP contribution in [0.4, 0.5) is 0 Å². The SMILES string of the molecule is CCN(C)S(=O)(=O)c1ccc(CN)cn1. The topological polar surface area (TPSA) is 76.3 Å². The molecule has 0 saturated heterocycles. The van der Waals surface area contributed by atoms with Crippen LogP contribution in [-0.2, 0) is 16.6 Å². The van der Waals surface area contributed by atoms with Gasteiger partial charge in [0.25, 0.3) is 10.0 Å². The fourth-order valence-electron chi connectivity index (χ4n) is 1.01. The van der Waals surface area contributed by atoms with Gasteiger partial charge in [-0.05, 0) is 11.6 Å². The molecule has 0 unspecified atom stereocenters. The van der Waals surface area contributed by atoms with Gasteiger partial charge in [0.1, 0.15) is 0 Å². The van der Waals surface area contributed by atoms with Crippen LogP contribution in [-0.4, -0.2) is 31.3 Å². The molecule has 15 heavy (non-hydrogen) atoms. The molecule has 2 N–H and O–H groups in total. The molecule has 1 heterocycles. The van der Waals surface area contributed by atoms with Crippen molar-refractivity contribution in [2.45, 2.75) is 18.5 Å². The van der Waals surface area contributed by atoms with E-state index in [4.69, 9.17) is 5.73 Å². The third kappa shape index (κ3) is 2.53. The Labute approximate surface area is 90.0 Å². The zero-order valence-electron chi connectivity index (χ0n) is 8.84. The highest BCUT2D eigenvalue weighted by Gasteiger charge is 2.20. The lowest BCUT2D eigenvalue weighted by atomic mass is 10.3. The fraction of sp³-hybridized carbons (Fsp3) is 0.444. The maximum absolute atomic E-state index is 11.8. The predicted octanol–water partition coefficient (Wildman–Crippen LogP) is 0.181. The number of aromatic nitrogens is 1. The van der Waals surface area contributed by atoms with Crippen molar-refractivity contribution in [1.29, 1.82) is 0 Å². The molecule has 84 valence electrons. The third-order valence-corrected chi connectivity index (χ3v) is 4.00. The second kappa shape index (κ2) is 4.69. The standard InChI is InChI=1S/C9H15N3O2S/c1-3-12(2)15(13,14)9-5-4-8(6-10)7-11-9/h4-5,7H,3,6,10H2,1-2H3. The molecule has 0 aliphatic rings. The van der Waals surface area contributed by atoms with Crippen molar-refractivity contribution in [3.63, 3.8) is 0 Å². The van der Waals surface area contributed by atoms with Gasteiger partial charge in [-0.2, -0.15) is 4.31 Å². The van der Waals surface area contributed by atoms with Gasteiger partial charge in [0.05, 0.1) is 0 Å². The zero-order valence-corrected chi connectivity index (χ0v) is 9.66. The lowest BCUT2D eigenvalue weighted by molar-refractivity contribution is 0.483. The molecule has 1 rings (SSSR count). The van der Waals surface area contributed by atoms with Gasteiger partial charge in [-0.25, -0.2) is 13.4 Å². The average molecular weight is 229 g/mol. The Morgan fingerprint density at radius 3 is 2.53 bits per heavy atom. The molecule has 0 aliphatic heterocycles. The molecule has 0 bridgehead atoms. The average Bonchev–Trinajstić information content (AvgIpc) is 2.28. The first kappa shape index (κ1) is 12.1. The Balaban J connectivity index is 3.06. The van der Waals surface area contributed by atoms with Gasteiger partial charge in [-0.3, -0.25) is 0 Å². The minimum atomic E-state index is -3.43. The number of rotatable bonds is 4. The third-order valence-electron chi connectivity index (χ3n) is 2.15. The van der Waals surface area contributed by atoms with E-state index in [9.17, 15) is 8.42 Å². The summed E-state index contributed by atoms with van der Waals surface area (Å²) >= 11 is 0. The number of nitrogens with zero attached hydrogens (tertiary/aromatic N) is 2. The van der Waals surface area contributed by atoms with Gasteiger partial charge >= 0.3 is 0 Å². The van der Waals surface area contributed by atoms with Crippen LogP contribution in [0.1, 0.15) is 12.5 Å². The minimum Gasteiger partial charge on any atom is -0.326 e. The summed E-state index contributed by atoms with van der Waals surface area (Å²) in [7, 11) is -1.91. The highest BCUT2D eigenvalue weighted by atomic mass is 32.2. The largest absolute Gasteiger partial charge is 0.326 e. The molecule has 0 aromatic carbocycles. The molecular formula is C9H15N3O2S. The van der Waals surface area contributed by atoms with Crippen LogP contribution in [0.5, 0.6) is 0 Å². The summed E-state index contributed by atoms with van der Waals surface area (Å²) in [6.45, 7) is 2.55. The summed E-state index contributed by atoms with van der Waals surface area (Å²) < 4.78 is 24.8. The van der Waals surface area contributed by atoms with E-state index in [1.54, 1.807) is 13.0 Å². The van der Waals surface area contributed by atoms with Gasteiger partial charge in [0.2, 0.25) is 0 Å². The van der Waals surface area contributed by atoms with E-state index in [0.29, 0.717) is 13.1 Å². The number of sulfonamides is 1. The molecule has 0 spiro atoms. The molecule has 1 aromatic rings. The van der Waals surface area contributed by atoms with Crippen molar-refractivity contribution in [2.24, 2.45) is 5.73 Å². The Morgan fingerprint density at radius 1 is 1.47 bits per heavy atom. The van der Waals surface area contributed by atoms with E-state index < -0.39 is 10.0 Å².